The van der Waals surface area contributed by atoms with Gasteiger partial charge in [0, 0.05) is 5.54 Å². The number of hydrogen-bond acceptors (Lipinski definition) is 1. The fraction of sp³-hybridized carbons (Fsp3) is 1.00. The molecule has 1 saturated carbocycles. The Morgan fingerprint density at radius 2 is 1.50 bits per heavy atom. The van der Waals surface area contributed by atoms with Crippen LogP contribution in [0.1, 0.15) is 80.1 Å². The van der Waals surface area contributed by atoms with Crippen LogP contribution in [-0.4, -0.2) is 12.1 Å². The first-order valence-electron chi connectivity index (χ1n) is 7.93. The van der Waals surface area contributed by atoms with Crippen LogP contribution < -0.4 is 5.32 Å². The summed E-state index contributed by atoms with van der Waals surface area (Å²) in [4.78, 5) is 0. The van der Waals surface area contributed by atoms with Crippen LogP contribution in [0.5, 0.6) is 0 Å². The van der Waals surface area contributed by atoms with E-state index in [1.165, 1.54) is 45.1 Å². The molecule has 1 aliphatic rings. The fourth-order valence-corrected chi connectivity index (χ4v) is 3.00. The monoisotopic (exact) mass is 253 g/mol. The average molecular weight is 253 g/mol. The first kappa shape index (κ1) is 16.0. The maximum absolute atomic E-state index is 3.72. The molecule has 1 atom stereocenters. The summed E-state index contributed by atoms with van der Waals surface area (Å²) in [5.74, 6) is 1.80. The average Bonchev–Trinajstić information content (AvgIpc) is 2.22. The fourth-order valence-electron chi connectivity index (χ4n) is 3.00. The van der Waals surface area contributed by atoms with E-state index in [2.05, 4.69) is 46.9 Å². The summed E-state index contributed by atoms with van der Waals surface area (Å²) in [6.07, 6.45) is 8.77. The predicted molar refractivity (Wildman–Crippen MR) is 81.9 cm³/mol. The number of nitrogens with one attached hydrogen (secondary N) is 1. The van der Waals surface area contributed by atoms with Crippen molar-refractivity contribution in [3.05, 3.63) is 0 Å². The van der Waals surface area contributed by atoms with Crippen molar-refractivity contribution in [1.29, 1.82) is 0 Å². The minimum atomic E-state index is 0.246. The van der Waals surface area contributed by atoms with E-state index in [0.29, 0.717) is 5.41 Å². The summed E-state index contributed by atoms with van der Waals surface area (Å²) in [7, 11) is 0. The topological polar surface area (TPSA) is 12.0 Å². The minimum absolute atomic E-state index is 0.246. The third kappa shape index (κ3) is 6.22. The zero-order valence-corrected chi connectivity index (χ0v) is 13.6. The Balaban J connectivity index is 2.50. The van der Waals surface area contributed by atoms with Gasteiger partial charge in [0.1, 0.15) is 0 Å². The lowest BCUT2D eigenvalue weighted by molar-refractivity contribution is 0.161. The standard InChI is InChI=1S/C17H35N/c1-16(2,3)15(13-18-17(4,5)6)12-14-10-8-7-9-11-14/h14-15,18H,7-13H2,1-6H3. The molecule has 0 spiro atoms. The van der Waals surface area contributed by atoms with Gasteiger partial charge in [-0.15, -0.1) is 0 Å². The van der Waals surface area contributed by atoms with Gasteiger partial charge >= 0.3 is 0 Å². The van der Waals surface area contributed by atoms with Gasteiger partial charge in [0.2, 0.25) is 0 Å². The molecule has 0 heterocycles. The van der Waals surface area contributed by atoms with Crippen molar-refractivity contribution in [2.24, 2.45) is 17.3 Å². The zero-order valence-electron chi connectivity index (χ0n) is 13.6. The second-order valence-electron chi connectivity index (χ2n) is 8.43. The van der Waals surface area contributed by atoms with Crippen molar-refractivity contribution < 1.29 is 0 Å². The number of hydrogen-bond donors (Lipinski definition) is 1. The van der Waals surface area contributed by atoms with E-state index in [9.17, 15) is 0 Å². The maximum atomic E-state index is 3.72. The molecule has 0 aromatic carbocycles. The molecule has 1 heteroatoms. The van der Waals surface area contributed by atoms with Crippen molar-refractivity contribution in [1.82, 2.24) is 5.32 Å². The maximum Gasteiger partial charge on any atom is 0.00966 e. The summed E-state index contributed by atoms with van der Waals surface area (Å²) in [5.41, 5.74) is 0.672. The van der Waals surface area contributed by atoms with Gasteiger partial charge in [0.25, 0.3) is 0 Å². The Bertz CT molecular complexity index is 225. The molecule has 0 saturated heterocycles. The predicted octanol–water partition coefficient (Wildman–Crippen LogP) is 5.01. The van der Waals surface area contributed by atoms with E-state index in [0.717, 1.165) is 11.8 Å². The quantitative estimate of drug-likeness (QED) is 0.743. The van der Waals surface area contributed by atoms with E-state index in [-0.39, 0.29) is 5.54 Å². The van der Waals surface area contributed by atoms with Gasteiger partial charge in [0.05, 0.1) is 0 Å². The highest BCUT2D eigenvalue weighted by Crippen LogP contribution is 2.36. The highest BCUT2D eigenvalue weighted by atomic mass is 14.9. The van der Waals surface area contributed by atoms with Crippen LogP contribution >= 0.6 is 0 Å². The van der Waals surface area contributed by atoms with E-state index >= 15 is 0 Å². The molecule has 1 aliphatic carbocycles. The third-order valence-electron chi connectivity index (χ3n) is 4.45. The normalized spacial score (nSPS) is 21.0. The molecule has 1 rings (SSSR count). The minimum Gasteiger partial charge on any atom is -0.312 e. The molecule has 1 N–H and O–H groups in total. The van der Waals surface area contributed by atoms with Crippen LogP contribution in [0.2, 0.25) is 0 Å². The molecule has 0 aromatic rings. The van der Waals surface area contributed by atoms with Gasteiger partial charge in [0.15, 0.2) is 0 Å². The summed E-state index contributed by atoms with van der Waals surface area (Å²) in [6.45, 7) is 15.2. The van der Waals surface area contributed by atoms with Gasteiger partial charge in [-0.1, -0.05) is 52.9 Å². The van der Waals surface area contributed by atoms with Crippen LogP contribution in [0.15, 0.2) is 0 Å². The SMILES string of the molecule is CC(C)(C)NCC(CC1CCCCC1)C(C)(C)C. The summed E-state index contributed by atoms with van der Waals surface area (Å²) >= 11 is 0. The molecule has 108 valence electrons. The Hall–Kier alpha value is -0.0400. The molecule has 0 aromatic heterocycles. The zero-order chi connectivity index (χ0) is 13.8. The Morgan fingerprint density at radius 1 is 0.944 bits per heavy atom. The lowest BCUT2D eigenvalue weighted by Gasteiger charge is -2.37. The second kappa shape index (κ2) is 6.41. The molecule has 0 bridgehead atoms. The first-order chi connectivity index (χ1) is 8.18. The van der Waals surface area contributed by atoms with Crippen molar-refractivity contribution in [3.8, 4) is 0 Å². The molecule has 18 heavy (non-hydrogen) atoms. The summed E-state index contributed by atoms with van der Waals surface area (Å²) in [5, 5.41) is 3.72. The van der Waals surface area contributed by atoms with E-state index in [1.54, 1.807) is 0 Å². The first-order valence-corrected chi connectivity index (χ1v) is 7.93. The van der Waals surface area contributed by atoms with Gasteiger partial charge in [-0.05, 0) is 51.0 Å². The molecule has 1 unspecified atom stereocenters. The molecular weight excluding hydrogens is 218 g/mol. The smallest absolute Gasteiger partial charge is 0.00966 e. The highest BCUT2D eigenvalue weighted by molar-refractivity contribution is 4.82. The van der Waals surface area contributed by atoms with Gasteiger partial charge in [-0.25, -0.2) is 0 Å². The van der Waals surface area contributed by atoms with Gasteiger partial charge < -0.3 is 5.32 Å². The number of rotatable bonds is 4. The molecule has 1 nitrogen and oxygen atoms in total. The lowest BCUT2D eigenvalue weighted by atomic mass is 9.72. The second-order valence-corrected chi connectivity index (χ2v) is 8.43. The summed E-state index contributed by atoms with van der Waals surface area (Å²) < 4.78 is 0. The van der Waals surface area contributed by atoms with Crippen molar-refractivity contribution >= 4 is 0 Å². The van der Waals surface area contributed by atoms with Crippen molar-refractivity contribution in [2.75, 3.05) is 6.54 Å². The van der Waals surface area contributed by atoms with E-state index in [4.69, 9.17) is 0 Å². The lowest BCUT2D eigenvalue weighted by Crippen LogP contribution is -2.42. The Kier molecular flexibility index (Phi) is 5.70. The third-order valence-corrected chi connectivity index (χ3v) is 4.45. The molecule has 1 fully saturated rings. The van der Waals surface area contributed by atoms with Crippen LogP contribution in [0.3, 0.4) is 0 Å². The summed E-state index contributed by atoms with van der Waals surface area (Å²) in [6, 6.07) is 0. The van der Waals surface area contributed by atoms with E-state index in [1.807, 2.05) is 0 Å². The largest absolute Gasteiger partial charge is 0.312 e. The van der Waals surface area contributed by atoms with Crippen LogP contribution in [0.25, 0.3) is 0 Å². The van der Waals surface area contributed by atoms with Crippen LogP contribution in [-0.2, 0) is 0 Å². The Morgan fingerprint density at radius 3 is 1.94 bits per heavy atom. The molecule has 0 radical (unpaired) electrons. The van der Waals surface area contributed by atoms with Gasteiger partial charge in [-0.3, -0.25) is 0 Å². The van der Waals surface area contributed by atoms with Crippen LogP contribution in [0.4, 0.5) is 0 Å². The van der Waals surface area contributed by atoms with Crippen molar-refractivity contribution in [3.63, 3.8) is 0 Å². The molecule has 0 amide bonds. The molecular formula is C17H35N. The Labute approximate surface area is 115 Å². The van der Waals surface area contributed by atoms with Crippen LogP contribution in [0, 0.1) is 17.3 Å². The highest BCUT2D eigenvalue weighted by Gasteiger charge is 2.29. The van der Waals surface area contributed by atoms with Gasteiger partial charge in [-0.2, -0.15) is 0 Å². The van der Waals surface area contributed by atoms with E-state index < -0.39 is 0 Å². The molecule has 0 aliphatic heterocycles. The van der Waals surface area contributed by atoms with Crippen molar-refractivity contribution in [2.45, 2.75) is 85.6 Å².